The van der Waals surface area contributed by atoms with Crippen molar-refractivity contribution in [2.24, 2.45) is 0 Å². The second-order valence-electron chi connectivity index (χ2n) is 5.38. The van der Waals surface area contributed by atoms with Crippen LogP contribution in [0.15, 0.2) is 12.3 Å². The lowest BCUT2D eigenvalue weighted by Gasteiger charge is -2.21. The molecule has 7 heteroatoms. The van der Waals surface area contributed by atoms with E-state index in [1.54, 1.807) is 12.3 Å². The van der Waals surface area contributed by atoms with Crippen LogP contribution >= 0.6 is 11.6 Å². The van der Waals surface area contributed by atoms with Crippen molar-refractivity contribution in [1.82, 2.24) is 9.47 Å². The lowest BCUT2D eigenvalue weighted by atomic mass is 10.2. The molecule has 0 bridgehead atoms. The summed E-state index contributed by atoms with van der Waals surface area (Å²) in [5, 5.41) is 19.2. The number of amides is 1. The zero-order valence-corrected chi connectivity index (χ0v) is 11.5. The van der Waals surface area contributed by atoms with Gasteiger partial charge in [0.25, 0.3) is 5.91 Å². The fraction of sp³-hybridized carbons (Fsp3) is 0.538. The molecule has 3 rings (SSSR count). The molecule has 0 radical (unpaired) electrons. The molecule has 0 aromatic carbocycles. The first-order chi connectivity index (χ1) is 9.47. The van der Waals surface area contributed by atoms with Crippen molar-refractivity contribution in [2.75, 3.05) is 6.54 Å². The number of nitrogens with zero attached hydrogens (tertiary/aromatic N) is 2. The Bertz CT molecular complexity index is 567. The first-order valence-corrected chi connectivity index (χ1v) is 6.94. The quantitative estimate of drug-likeness (QED) is 0.876. The summed E-state index contributed by atoms with van der Waals surface area (Å²) in [5.74, 6) is -1.47. The predicted molar refractivity (Wildman–Crippen MR) is 70.8 cm³/mol. The van der Waals surface area contributed by atoms with Crippen LogP contribution in [0.4, 0.5) is 0 Å². The van der Waals surface area contributed by atoms with Gasteiger partial charge < -0.3 is 19.7 Å². The fourth-order valence-electron chi connectivity index (χ4n) is 2.69. The number of aliphatic hydroxyl groups excluding tert-OH is 1. The Morgan fingerprint density at radius 1 is 1.35 bits per heavy atom. The van der Waals surface area contributed by atoms with Crippen LogP contribution in [0.2, 0.25) is 5.02 Å². The molecule has 1 amide bonds. The van der Waals surface area contributed by atoms with Crippen molar-refractivity contribution in [3.8, 4) is 0 Å². The number of aliphatic hydroxyl groups is 1. The van der Waals surface area contributed by atoms with Crippen LogP contribution in [0, 0.1) is 0 Å². The lowest BCUT2D eigenvalue weighted by molar-refractivity contribution is -0.141. The first kappa shape index (κ1) is 13.5. The van der Waals surface area contributed by atoms with Gasteiger partial charge in [-0.15, -0.1) is 0 Å². The monoisotopic (exact) mass is 298 g/mol. The van der Waals surface area contributed by atoms with Gasteiger partial charge in [0, 0.05) is 25.2 Å². The standard InChI is InChI=1S/C13H15ClN2O4/c14-7-3-10(15(5-7)8-1-2-8)12(18)16-6-9(17)4-11(16)13(19)20/h3,5,8-9,11,17H,1-2,4,6H2,(H,19,20)/t9-,11-/m0/s1. The van der Waals surface area contributed by atoms with Crippen molar-refractivity contribution >= 4 is 23.5 Å². The highest BCUT2D eigenvalue weighted by Gasteiger charge is 2.41. The summed E-state index contributed by atoms with van der Waals surface area (Å²) >= 11 is 5.96. The summed E-state index contributed by atoms with van der Waals surface area (Å²) in [6.07, 6.45) is 2.97. The molecule has 0 spiro atoms. The van der Waals surface area contributed by atoms with Crippen molar-refractivity contribution in [1.29, 1.82) is 0 Å². The van der Waals surface area contributed by atoms with Gasteiger partial charge in [-0.2, -0.15) is 0 Å². The Hall–Kier alpha value is -1.53. The van der Waals surface area contributed by atoms with Crippen LogP contribution in [0.5, 0.6) is 0 Å². The van der Waals surface area contributed by atoms with Crippen LogP contribution in [0.3, 0.4) is 0 Å². The molecule has 6 nitrogen and oxygen atoms in total. The molecule has 2 atom stereocenters. The third-order valence-electron chi connectivity index (χ3n) is 3.80. The third-order valence-corrected chi connectivity index (χ3v) is 4.01. The van der Waals surface area contributed by atoms with E-state index in [1.165, 1.54) is 4.90 Å². The van der Waals surface area contributed by atoms with Gasteiger partial charge in [-0.05, 0) is 18.9 Å². The van der Waals surface area contributed by atoms with E-state index in [4.69, 9.17) is 16.7 Å². The lowest BCUT2D eigenvalue weighted by Crippen LogP contribution is -2.41. The summed E-state index contributed by atoms with van der Waals surface area (Å²) < 4.78 is 1.81. The SMILES string of the molecule is O=C(O)[C@@H]1C[C@H](O)CN1C(=O)c1cc(Cl)cn1C1CC1. The number of carbonyl (C=O) groups excluding carboxylic acids is 1. The molecule has 2 aliphatic rings. The van der Waals surface area contributed by atoms with Crippen LogP contribution in [0.25, 0.3) is 0 Å². The molecule has 1 saturated carbocycles. The molecule has 1 aliphatic carbocycles. The van der Waals surface area contributed by atoms with Crippen molar-refractivity contribution in [2.45, 2.75) is 37.5 Å². The normalized spacial score (nSPS) is 26.0. The van der Waals surface area contributed by atoms with E-state index in [9.17, 15) is 14.7 Å². The molecular weight excluding hydrogens is 284 g/mol. The average molecular weight is 299 g/mol. The van der Waals surface area contributed by atoms with Crippen LogP contribution in [0.1, 0.15) is 35.8 Å². The molecule has 2 N–H and O–H groups in total. The maximum Gasteiger partial charge on any atom is 0.326 e. The number of carbonyl (C=O) groups is 2. The zero-order valence-electron chi connectivity index (χ0n) is 10.7. The molecule has 1 aliphatic heterocycles. The maximum atomic E-state index is 12.5. The van der Waals surface area contributed by atoms with Gasteiger partial charge in [-0.3, -0.25) is 4.79 Å². The van der Waals surface area contributed by atoms with E-state index in [2.05, 4.69) is 0 Å². The second kappa shape index (κ2) is 4.79. The Kier molecular flexibility index (Phi) is 3.22. The molecule has 1 aromatic heterocycles. The average Bonchev–Trinajstić information content (AvgIpc) is 3.04. The number of halogens is 1. The first-order valence-electron chi connectivity index (χ1n) is 6.56. The minimum Gasteiger partial charge on any atom is -0.480 e. The Balaban J connectivity index is 1.90. The van der Waals surface area contributed by atoms with E-state index in [0.717, 1.165) is 12.8 Å². The zero-order chi connectivity index (χ0) is 14.4. The number of carboxylic acid groups (broad SMARTS) is 1. The van der Waals surface area contributed by atoms with Crippen LogP contribution in [-0.2, 0) is 4.79 Å². The second-order valence-corrected chi connectivity index (χ2v) is 5.82. The van der Waals surface area contributed by atoms with Gasteiger partial charge in [0.15, 0.2) is 0 Å². The molecule has 1 saturated heterocycles. The highest BCUT2D eigenvalue weighted by molar-refractivity contribution is 6.31. The third kappa shape index (κ3) is 2.29. The van der Waals surface area contributed by atoms with E-state index in [1.807, 2.05) is 4.57 Å². The van der Waals surface area contributed by atoms with E-state index in [-0.39, 0.29) is 24.9 Å². The highest BCUT2D eigenvalue weighted by Crippen LogP contribution is 2.38. The number of carboxylic acids is 1. The number of hydrogen-bond donors (Lipinski definition) is 2. The van der Waals surface area contributed by atoms with Gasteiger partial charge in [-0.1, -0.05) is 11.6 Å². The van der Waals surface area contributed by atoms with E-state index in [0.29, 0.717) is 10.7 Å². The number of rotatable bonds is 3. The number of hydrogen-bond acceptors (Lipinski definition) is 3. The van der Waals surface area contributed by atoms with Crippen molar-refractivity contribution < 1.29 is 19.8 Å². The molecule has 20 heavy (non-hydrogen) atoms. The Morgan fingerprint density at radius 2 is 2.05 bits per heavy atom. The number of likely N-dealkylation sites (tertiary alicyclic amines) is 1. The van der Waals surface area contributed by atoms with Crippen LogP contribution in [-0.4, -0.2) is 50.2 Å². The van der Waals surface area contributed by atoms with Crippen molar-refractivity contribution in [3.05, 3.63) is 23.0 Å². The molecule has 2 heterocycles. The Morgan fingerprint density at radius 3 is 2.65 bits per heavy atom. The molecular formula is C13H15ClN2O4. The smallest absolute Gasteiger partial charge is 0.326 e. The maximum absolute atomic E-state index is 12.5. The molecule has 108 valence electrons. The summed E-state index contributed by atoms with van der Waals surface area (Å²) in [4.78, 5) is 25.0. The molecule has 0 unspecified atom stereocenters. The van der Waals surface area contributed by atoms with E-state index < -0.39 is 18.1 Å². The minimum absolute atomic E-state index is 0.0449. The summed E-state index contributed by atoms with van der Waals surface area (Å²) in [6.45, 7) is 0.0449. The fourth-order valence-corrected chi connectivity index (χ4v) is 2.90. The highest BCUT2D eigenvalue weighted by atomic mass is 35.5. The predicted octanol–water partition coefficient (Wildman–Crippen LogP) is 1.14. The molecule has 2 fully saturated rings. The number of β-amino-alcohol motifs (C(OH)–C–C–N with tert-alkyl or cyclic N) is 1. The Labute approximate surface area is 120 Å². The topological polar surface area (TPSA) is 82.8 Å². The van der Waals surface area contributed by atoms with Gasteiger partial charge in [0.05, 0.1) is 11.1 Å². The van der Waals surface area contributed by atoms with Gasteiger partial charge in [0.1, 0.15) is 11.7 Å². The summed E-state index contributed by atoms with van der Waals surface area (Å²) in [6, 6.07) is 0.863. The number of aliphatic carboxylic acids is 1. The van der Waals surface area contributed by atoms with Crippen molar-refractivity contribution in [3.63, 3.8) is 0 Å². The van der Waals surface area contributed by atoms with Gasteiger partial charge in [0.2, 0.25) is 0 Å². The van der Waals surface area contributed by atoms with Crippen LogP contribution < -0.4 is 0 Å². The summed E-state index contributed by atoms with van der Waals surface area (Å²) in [7, 11) is 0. The largest absolute Gasteiger partial charge is 0.480 e. The summed E-state index contributed by atoms with van der Waals surface area (Å²) in [5.41, 5.74) is 0.401. The van der Waals surface area contributed by atoms with Gasteiger partial charge in [-0.25, -0.2) is 4.79 Å². The van der Waals surface area contributed by atoms with Gasteiger partial charge >= 0.3 is 5.97 Å². The molecule has 1 aromatic rings. The van der Waals surface area contributed by atoms with E-state index >= 15 is 0 Å². The minimum atomic E-state index is -1.09. The number of aromatic nitrogens is 1.